The first kappa shape index (κ1) is 25.2. The lowest BCUT2D eigenvalue weighted by atomic mass is 9.85. The van der Waals surface area contributed by atoms with Gasteiger partial charge in [0.2, 0.25) is 0 Å². The zero-order chi connectivity index (χ0) is 28.2. The molecule has 0 amide bonds. The summed E-state index contributed by atoms with van der Waals surface area (Å²) >= 11 is 0. The molecule has 0 fully saturated rings. The second-order valence-electron chi connectivity index (χ2n) is 10.1. The molecular weight excluding hydrogens is 534 g/mol. The number of H-pyrrole nitrogens is 1. The third-order valence-corrected chi connectivity index (χ3v) is 8.92. The summed E-state index contributed by atoms with van der Waals surface area (Å²) in [5.74, 6) is 0.383. The Labute approximate surface area is 228 Å². The first-order chi connectivity index (χ1) is 19.1. The van der Waals surface area contributed by atoms with Gasteiger partial charge in [0.15, 0.2) is 17.0 Å². The third kappa shape index (κ3) is 3.88. The molecule has 12 nitrogen and oxygen atoms in total. The van der Waals surface area contributed by atoms with Crippen molar-refractivity contribution in [3.8, 4) is 17.5 Å². The van der Waals surface area contributed by atoms with E-state index < -0.39 is 37.0 Å². The number of aromatic amines is 1. The number of anilines is 1. The number of nitro groups is 1. The number of pyridine rings is 1. The van der Waals surface area contributed by atoms with Crippen LogP contribution in [-0.4, -0.2) is 33.5 Å². The minimum absolute atomic E-state index is 0.255. The Hall–Kier alpha value is -5.09. The van der Waals surface area contributed by atoms with E-state index in [-0.39, 0.29) is 5.69 Å². The number of nitro benzene ring substituents is 1. The molecule has 5 aromatic rings. The summed E-state index contributed by atoms with van der Waals surface area (Å²) in [5.41, 5.74) is 1.66. The molecular formula is C27H21N7O5S. The minimum atomic E-state index is -4.54. The number of rotatable bonds is 6. The smallest absolute Gasteiger partial charge is 0.289 e. The quantitative estimate of drug-likeness (QED) is 0.226. The molecule has 6 rings (SSSR count). The lowest BCUT2D eigenvalue weighted by Crippen LogP contribution is -2.41. The van der Waals surface area contributed by atoms with Gasteiger partial charge in [0.25, 0.3) is 15.7 Å². The summed E-state index contributed by atoms with van der Waals surface area (Å²) in [6, 6.07) is 13.2. The number of hydrogen-bond donors (Lipinski definition) is 1. The lowest BCUT2D eigenvalue weighted by Gasteiger charge is -2.38. The van der Waals surface area contributed by atoms with Crippen LogP contribution in [0.2, 0.25) is 0 Å². The second-order valence-corrected chi connectivity index (χ2v) is 11.9. The maximum Gasteiger partial charge on any atom is 0.289 e. The highest BCUT2D eigenvalue weighted by Gasteiger charge is 2.49. The molecule has 2 aromatic carbocycles. The molecule has 1 atom stereocenters. The van der Waals surface area contributed by atoms with Crippen LogP contribution >= 0.6 is 0 Å². The van der Waals surface area contributed by atoms with Gasteiger partial charge < -0.3 is 4.42 Å². The van der Waals surface area contributed by atoms with Crippen LogP contribution in [0.15, 0.2) is 76.6 Å². The van der Waals surface area contributed by atoms with Crippen molar-refractivity contribution >= 4 is 32.3 Å². The van der Waals surface area contributed by atoms with E-state index in [2.05, 4.69) is 26.2 Å². The minimum Gasteiger partial charge on any atom is -0.442 e. The first-order valence-electron chi connectivity index (χ1n) is 12.2. The van der Waals surface area contributed by atoms with E-state index >= 15 is 0 Å². The SMILES string of the molecule is CC1(C)Cc2cc(C#N)cnc2C1N(c1ccc2[nH]nc(-c3cnco3)c2c1)S(=O)(=O)c1ccccc1[N+](=O)[O-]. The molecule has 0 saturated heterocycles. The largest absolute Gasteiger partial charge is 0.442 e. The van der Waals surface area contributed by atoms with Crippen LogP contribution in [0.3, 0.4) is 0 Å². The molecule has 200 valence electrons. The monoisotopic (exact) mass is 555 g/mol. The van der Waals surface area contributed by atoms with E-state index in [0.717, 1.165) is 11.6 Å². The Kier molecular flexibility index (Phi) is 5.67. The molecule has 1 aliphatic rings. The van der Waals surface area contributed by atoms with Crippen LogP contribution in [0, 0.1) is 26.9 Å². The summed E-state index contributed by atoms with van der Waals surface area (Å²) in [6.07, 6.45) is 4.61. The molecule has 0 aliphatic heterocycles. The standard InChI is InChI=1S/C27H21N7O5S/c1-27(2)11-17-9-16(12-28)13-30-24(17)26(27)33(40(37,38)23-6-4-3-5-21(23)34(35)36)18-7-8-20-19(10-18)25(32-31-20)22-14-29-15-39-22/h3-10,13-15,26H,11H2,1-2H3,(H,31,32). The van der Waals surface area contributed by atoms with E-state index in [1.165, 1.54) is 41.3 Å². The molecule has 0 radical (unpaired) electrons. The predicted octanol–water partition coefficient (Wildman–Crippen LogP) is 4.91. The number of oxazole rings is 1. The number of hydrogen-bond acceptors (Lipinski definition) is 9. The summed E-state index contributed by atoms with van der Waals surface area (Å²) in [6.45, 7) is 3.81. The van der Waals surface area contributed by atoms with Gasteiger partial charge in [-0.2, -0.15) is 10.4 Å². The Morgan fingerprint density at radius 1 is 1.20 bits per heavy atom. The lowest BCUT2D eigenvalue weighted by molar-refractivity contribution is -0.387. The molecule has 3 aromatic heterocycles. The van der Waals surface area contributed by atoms with Crippen LogP contribution in [0.4, 0.5) is 11.4 Å². The maximum absolute atomic E-state index is 14.5. The highest BCUT2D eigenvalue weighted by molar-refractivity contribution is 7.93. The van der Waals surface area contributed by atoms with Crippen molar-refractivity contribution in [1.82, 2.24) is 20.2 Å². The molecule has 1 aliphatic carbocycles. The van der Waals surface area contributed by atoms with Gasteiger partial charge in [-0.05, 0) is 47.7 Å². The Bertz CT molecular complexity index is 1940. The number of nitrogens with zero attached hydrogens (tertiary/aromatic N) is 6. The molecule has 1 N–H and O–H groups in total. The van der Waals surface area contributed by atoms with Gasteiger partial charge in [0.05, 0.1) is 39.6 Å². The molecule has 3 heterocycles. The zero-order valence-corrected chi connectivity index (χ0v) is 22.1. The van der Waals surface area contributed by atoms with Crippen LogP contribution in [0.1, 0.15) is 36.7 Å². The summed E-state index contributed by atoms with van der Waals surface area (Å²) in [5, 5.41) is 29.1. The van der Waals surface area contributed by atoms with Crippen molar-refractivity contribution in [1.29, 1.82) is 5.26 Å². The van der Waals surface area contributed by atoms with Crippen molar-refractivity contribution in [3.05, 3.63) is 94.3 Å². The molecule has 13 heteroatoms. The molecule has 0 saturated carbocycles. The maximum atomic E-state index is 14.5. The average molecular weight is 556 g/mol. The second kappa shape index (κ2) is 8.99. The van der Waals surface area contributed by atoms with Crippen molar-refractivity contribution in [2.75, 3.05) is 4.31 Å². The highest BCUT2D eigenvalue weighted by atomic mass is 32.2. The van der Waals surface area contributed by atoms with Gasteiger partial charge in [-0.15, -0.1) is 0 Å². The van der Waals surface area contributed by atoms with Gasteiger partial charge in [0.1, 0.15) is 11.8 Å². The summed E-state index contributed by atoms with van der Waals surface area (Å²) < 4.78 is 35.7. The van der Waals surface area contributed by atoms with E-state index in [0.29, 0.717) is 40.0 Å². The van der Waals surface area contributed by atoms with Gasteiger partial charge in [-0.3, -0.25) is 24.5 Å². The van der Waals surface area contributed by atoms with E-state index in [1.54, 1.807) is 24.3 Å². The average Bonchev–Trinajstić information content (AvgIpc) is 3.66. The number of para-hydroxylation sites is 1. The fraction of sp³-hybridized carbons (Fsp3) is 0.185. The van der Waals surface area contributed by atoms with Crippen LogP contribution in [0.5, 0.6) is 0 Å². The van der Waals surface area contributed by atoms with Gasteiger partial charge in [-0.25, -0.2) is 13.4 Å². The molecule has 0 bridgehead atoms. The Morgan fingerprint density at radius 2 is 2.00 bits per heavy atom. The first-order valence-corrected chi connectivity index (χ1v) is 13.6. The number of aromatic nitrogens is 4. The van der Waals surface area contributed by atoms with E-state index in [1.807, 2.05) is 13.8 Å². The third-order valence-electron chi connectivity index (χ3n) is 7.08. The van der Waals surface area contributed by atoms with Gasteiger partial charge in [-0.1, -0.05) is 26.0 Å². The van der Waals surface area contributed by atoms with Crippen LogP contribution in [-0.2, 0) is 16.4 Å². The van der Waals surface area contributed by atoms with Gasteiger partial charge in [0, 0.05) is 17.6 Å². The number of nitriles is 1. The predicted molar refractivity (Wildman–Crippen MR) is 144 cm³/mol. The van der Waals surface area contributed by atoms with Crippen LogP contribution < -0.4 is 4.31 Å². The van der Waals surface area contributed by atoms with E-state index in [4.69, 9.17) is 4.42 Å². The molecule has 1 unspecified atom stereocenters. The van der Waals surface area contributed by atoms with Crippen molar-refractivity contribution < 1.29 is 17.8 Å². The zero-order valence-electron chi connectivity index (χ0n) is 21.3. The fourth-order valence-electron chi connectivity index (χ4n) is 5.37. The molecule has 0 spiro atoms. The van der Waals surface area contributed by atoms with Crippen molar-refractivity contribution in [2.24, 2.45) is 5.41 Å². The Morgan fingerprint density at radius 3 is 2.73 bits per heavy atom. The topological polar surface area (TPSA) is 172 Å². The highest BCUT2D eigenvalue weighted by Crippen LogP contribution is 2.52. The van der Waals surface area contributed by atoms with Crippen molar-refractivity contribution in [3.63, 3.8) is 0 Å². The summed E-state index contributed by atoms with van der Waals surface area (Å²) in [7, 11) is -4.54. The normalized spacial score (nSPS) is 16.0. The number of fused-ring (bicyclic) bond motifs is 2. The van der Waals surface area contributed by atoms with Gasteiger partial charge >= 0.3 is 0 Å². The Balaban J connectivity index is 1.63. The number of benzene rings is 2. The van der Waals surface area contributed by atoms with Crippen molar-refractivity contribution in [2.45, 2.75) is 31.2 Å². The summed E-state index contributed by atoms with van der Waals surface area (Å²) in [4.78, 5) is 19.2. The number of sulfonamides is 1. The molecule has 40 heavy (non-hydrogen) atoms. The van der Waals surface area contributed by atoms with Crippen LogP contribution in [0.25, 0.3) is 22.4 Å². The van der Waals surface area contributed by atoms with E-state index in [9.17, 15) is 23.8 Å². The fourth-order valence-corrected chi connectivity index (χ4v) is 7.30. The number of nitrogens with one attached hydrogen (secondary N) is 1.